The van der Waals surface area contributed by atoms with Crippen molar-refractivity contribution in [3.63, 3.8) is 0 Å². The first-order valence-corrected chi connectivity index (χ1v) is 8.13. The highest BCUT2D eigenvalue weighted by Gasteiger charge is 2.45. The molecule has 1 heterocycles. The number of carbonyl (C=O) groups excluding carboxylic acids is 1. The van der Waals surface area contributed by atoms with Crippen molar-refractivity contribution < 1.29 is 9.90 Å². The molecule has 3 nitrogen and oxygen atoms in total. The second kappa shape index (κ2) is 6.00. The number of hydrogen-bond donors (Lipinski definition) is 2. The van der Waals surface area contributed by atoms with Crippen LogP contribution in [-0.4, -0.2) is 17.6 Å². The predicted octanol–water partition coefficient (Wildman–Crippen LogP) is 2.70. The van der Waals surface area contributed by atoms with Gasteiger partial charge in [-0.25, -0.2) is 0 Å². The number of hydrogen-bond acceptors (Lipinski definition) is 3. The Morgan fingerprint density at radius 2 is 2.00 bits per heavy atom. The van der Waals surface area contributed by atoms with Gasteiger partial charge in [-0.3, -0.25) is 4.79 Å². The average Bonchev–Trinajstić information content (AvgIpc) is 3.25. The average molecular weight is 301 g/mol. The molecule has 0 spiro atoms. The largest absolute Gasteiger partial charge is 0.383 e. The first-order chi connectivity index (χ1) is 10.2. The number of carbonyl (C=O) groups is 1. The molecule has 3 rings (SSSR count). The van der Waals surface area contributed by atoms with Crippen molar-refractivity contribution in [2.45, 2.75) is 24.9 Å². The van der Waals surface area contributed by atoms with E-state index < -0.39 is 5.60 Å². The molecule has 0 radical (unpaired) electrons. The highest BCUT2D eigenvalue weighted by Crippen LogP contribution is 2.45. The maximum Gasteiger partial charge on any atom is 0.225 e. The van der Waals surface area contributed by atoms with Crippen LogP contribution >= 0.6 is 11.3 Å². The zero-order valence-electron chi connectivity index (χ0n) is 11.8. The molecule has 0 bridgehead atoms. The first-order valence-electron chi connectivity index (χ1n) is 7.25. The minimum atomic E-state index is -0.938. The molecule has 1 aliphatic carbocycles. The maximum atomic E-state index is 12.0. The van der Waals surface area contributed by atoms with E-state index in [1.165, 1.54) is 0 Å². The van der Waals surface area contributed by atoms with Gasteiger partial charge in [0.2, 0.25) is 5.91 Å². The van der Waals surface area contributed by atoms with Crippen LogP contribution in [0, 0.1) is 5.92 Å². The van der Waals surface area contributed by atoms with Crippen molar-refractivity contribution in [2.75, 3.05) is 6.54 Å². The van der Waals surface area contributed by atoms with Gasteiger partial charge in [-0.2, -0.15) is 0 Å². The molecule has 2 aromatic rings. The highest BCUT2D eigenvalue weighted by atomic mass is 32.1. The summed E-state index contributed by atoms with van der Waals surface area (Å²) in [6, 6.07) is 13.6. The Bertz CT molecular complexity index is 593. The van der Waals surface area contributed by atoms with E-state index in [0.717, 1.165) is 23.3 Å². The SMILES string of the molecule is O=C(Cc1cccs1)NCC(O)(c1ccccc1)C1CC1. The van der Waals surface area contributed by atoms with Gasteiger partial charge < -0.3 is 10.4 Å². The minimum absolute atomic E-state index is 0.0348. The molecule has 2 N–H and O–H groups in total. The zero-order valence-corrected chi connectivity index (χ0v) is 12.6. The number of nitrogens with one attached hydrogen (secondary N) is 1. The van der Waals surface area contributed by atoms with E-state index >= 15 is 0 Å². The van der Waals surface area contributed by atoms with Crippen LogP contribution in [0.1, 0.15) is 23.3 Å². The lowest BCUT2D eigenvalue weighted by Crippen LogP contribution is -2.42. The highest BCUT2D eigenvalue weighted by molar-refractivity contribution is 7.10. The van der Waals surface area contributed by atoms with Crippen LogP contribution in [0.15, 0.2) is 47.8 Å². The third kappa shape index (κ3) is 3.34. The molecule has 1 atom stereocenters. The van der Waals surface area contributed by atoms with Crippen molar-refractivity contribution in [2.24, 2.45) is 5.92 Å². The summed E-state index contributed by atoms with van der Waals surface area (Å²) in [5.41, 5.74) is -0.0456. The molecule has 1 saturated carbocycles. The van der Waals surface area contributed by atoms with Gasteiger partial charge in [-0.05, 0) is 35.8 Å². The Morgan fingerprint density at radius 3 is 2.62 bits per heavy atom. The predicted molar refractivity (Wildman–Crippen MR) is 84.1 cm³/mol. The Hall–Kier alpha value is -1.65. The van der Waals surface area contributed by atoms with Crippen LogP contribution in [-0.2, 0) is 16.8 Å². The lowest BCUT2D eigenvalue weighted by Gasteiger charge is -2.29. The van der Waals surface area contributed by atoms with Crippen LogP contribution in [0.4, 0.5) is 0 Å². The number of amides is 1. The molecule has 1 unspecified atom stereocenters. The molecular weight excluding hydrogens is 282 g/mol. The summed E-state index contributed by atoms with van der Waals surface area (Å²) >= 11 is 1.58. The zero-order chi connectivity index (χ0) is 14.7. The second-order valence-corrected chi connectivity index (χ2v) is 6.63. The first kappa shape index (κ1) is 14.3. The van der Waals surface area contributed by atoms with E-state index in [-0.39, 0.29) is 18.4 Å². The van der Waals surface area contributed by atoms with Crippen molar-refractivity contribution in [3.8, 4) is 0 Å². The fourth-order valence-electron chi connectivity index (χ4n) is 2.64. The van der Waals surface area contributed by atoms with E-state index in [1.807, 2.05) is 47.8 Å². The van der Waals surface area contributed by atoms with Gasteiger partial charge in [0.1, 0.15) is 5.60 Å². The van der Waals surface area contributed by atoms with E-state index in [1.54, 1.807) is 11.3 Å². The summed E-state index contributed by atoms with van der Waals surface area (Å²) in [4.78, 5) is 13.1. The smallest absolute Gasteiger partial charge is 0.225 e. The summed E-state index contributed by atoms with van der Waals surface area (Å²) in [5, 5.41) is 15.8. The van der Waals surface area contributed by atoms with E-state index in [0.29, 0.717) is 6.42 Å². The standard InChI is InChI=1S/C17H19NO2S/c19-16(11-15-7-4-10-21-15)18-12-17(20,14-8-9-14)13-5-2-1-3-6-13/h1-7,10,14,20H,8-9,11-12H2,(H,18,19). The van der Waals surface area contributed by atoms with Crippen LogP contribution in [0.5, 0.6) is 0 Å². The normalized spacial score (nSPS) is 17.2. The summed E-state index contributed by atoms with van der Waals surface area (Å²) in [5.74, 6) is 0.217. The van der Waals surface area contributed by atoms with Crippen molar-refractivity contribution >= 4 is 17.2 Å². The lowest BCUT2D eigenvalue weighted by molar-refractivity contribution is -0.122. The van der Waals surface area contributed by atoms with Gasteiger partial charge >= 0.3 is 0 Å². The Balaban J connectivity index is 1.65. The monoisotopic (exact) mass is 301 g/mol. The summed E-state index contributed by atoms with van der Waals surface area (Å²) < 4.78 is 0. The van der Waals surface area contributed by atoms with Crippen molar-refractivity contribution in [1.29, 1.82) is 0 Å². The molecule has 1 fully saturated rings. The lowest BCUT2D eigenvalue weighted by atomic mass is 9.88. The van der Waals surface area contributed by atoms with Gasteiger partial charge in [0, 0.05) is 4.88 Å². The van der Waals surface area contributed by atoms with E-state index in [9.17, 15) is 9.90 Å². The molecule has 1 amide bonds. The topological polar surface area (TPSA) is 49.3 Å². The van der Waals surface area contributed by atoms with Gasteiger partial charge in [-0.15, -0.1) is 11.3 Å². The van der Waals surface area contributed by atoms with Crippen LogP contribution in [0.25, 0.3) is 0 Å². The molecule has 21 heavy (non-hydrogen) atoms. The molecular formula is C17H19NO2S. The third-order valence-electron chi connectivity index (χ3n) is 4.00. The van der Waals surface area contributed by atoms with E-state index in [2.05, 4.69) is 5.32 Å². The van der Waals surface area contributed by atoms with Gasteiger partial charge in [0.15, 0.2) is 0 Å². The summed E-state index contributed by atoms with van der Waals surface area (Å²) in [6.07, 6.45) is 2.42. The van der Waals surface area contributed by atoms with Crippen molar-refractivity contribution in [3.05, 3.63) is 58.3 Å². The van der Waals surface area contributed by atoms with Gasteiger partial charge in [0.25, 0.3) is 0 Å². The van der Waals surface area contributed by atoms with Gasteiger partial charge in [0.05, 0.1) is 13.0 Å². The number of benzene rings is 1. The minimum Gasteiger partial charge on any atom is -0.383 e. The Kier molecular flexibility index (Phi) is 4.08. The van der Waals surface area contributed by atoms with Crippen LogP contribution in [0.2, 0.25) is 0 Å². The van der Waals surface area contributed by atoms with Gasteiger partial charge in [-0.1, -0.05) is 36.4 Å². The maximum absolute atomic E-state index is 12.0. The number of thiophene rings is 1. The second-order valence-electron chi connectivity index (χ2n) is 5.60. The number of aliphatic hydroxyl groups is 1. The quantitative estimate of drug-likeness (QED) is 0.862. The molecule has 110 valence electrons. The fraction of sp³-hybridized carbons (Fsp3) is 0.353. The summed E-state index contributed by atoms with van der Waals surface area (Å²) in [6.45, 7) is 0.284. The Labute approximate surface area is 128 Å². The summed E-state index contributed by atoms with van der Waals surface area (Å²) in [7, 11) is 0. The van der Waals surface area contributed by atoms with Crippen LogP contribution in [0.3, 0.4) is 0 Å². The number of rotatable bonds is 6. The Morgan fingerprint density at radius 1 is 1.24 bits per heavy atom. The molecule has 1 aromatic carbocycles. The third-order valence-corrected chi connectivity index (χ3v) is 4.87. The molecule has 0 saturated heterocycles. The van der Waals surface area contributed by atoms with Crippen LogP contribution < -0.4 is 5.32 Å². The fourth-order valence-corrected chi connectivity index (χ4v) is 3.34. The molecule has 4 heteroatoms. The van der Waals surface area contributed by atoms with E-state index in [4.69, 9.17) is 0 Å². The van der Waals surface area contributed by atoms with Crippen molar-refractivity contribution in [1.82, 2.24) is 5.32 Å². The molecule has 1 aromatic heterocycles. The molecule has 0 aliphatic heterocycles. The molecule has 1 aliphatic rings.